The third kappa shape index (κ3) is 4.54. The quantitative estimate of drug-likeness (QED) is 0.134. The van der Waals surface area contributed by atoms with Gasteiger partial charge in [0, 0.05) is 0 Å². The van der Waals surface area contributed by atoms with Gasteiger partial charge in [-0.25, -0.2) is 0 Å². The Balaban J connectivity index is 1.37. The molecule has 0 saturated heterocycles. The van der Waals surface area contributed by atoms with Crippen LogP contribution in [0.15, 0.2) is 194 Å². The van der Waals surface area contributed by atoms with Crippen LogP contribution in [0.4, 0.5) is 0 Å². The summed E-state index contributed by atoms with van der Waals surface area (Å²) < 4.78 is 0. The van der Waals surface area contributed by atoms with Gasteiger partial charge in [0.2, 0.25) is 0 Å². The first-order chi connectivity index (χ1) is 24.8. The van der Waals surface area contributed by atoms with Crippen LogP contribution in [0.1, 0.15) is 0 Å². The predicted molar refractivity (Wildman–Crippen MR) is 216 cm³/mol. The maximum atomic E-state index is 2.44. The summed E-state index contributed by atoms with van der Waals surface area (Å²) in [5.41, 5.74) is 9.95. The van der Waals surface area contributed by atoms with E-state index < -0.39 is 0 Å². The Morgan fingerprint density at radius 1 is 0.200 bits per heavy atom. The number of hydrogen-bond acceptors (Lipinski definition) is 0. The van der Waals surface area contributed by atoms with Gasteiger partial charge in [0.05, 0.1) is 0 Å². The Kier molecular flexibility index (Phi) is 6.60. The molecule has 0 heteroatoms. The summed E-state index contributed by atoms with van der Waals surface area (Å²) >= 11 is 0. The fourth-order valence-corrected chi connectivity index (χ4v) is 8.14. The van der Waals surface area contributed by atoms with Gasteiger partial charge >= 0.3 is 0 Å². The van der Waals surface area contributed by atoms with Crippen molar-refractivity contribution in [2.45, 2.75) is 0 Å². The van der Waals surface area contributed by atoms with Gasteiger partial charge < -0.3 is 0 Å². The molecule has 0 unspecified atom stereocenters. The second kappa shape index (κ2) is 11.6. The highest BCUT2D eigenvalue weighted by Gasteiger charge is 2.21. The Hall–Kier alpha value is -6.50. The Labute approximate surface area is 291 Å². The van der Waals surface area contributed by atoms with Gasteiger partial charge in [0.15, 0.2) is 0 Å². The molecule has 0 aliphatic rings. The lowest BCUT2D eigenvalue weighted by molar-refractivity contribution is 1.60. The summed E-state index contributed by atoms with van der Waals surface area (Å²) in [7, 11) is 0. The summed E-state index contributed by atoms with van der Waals surface area (Å²) in [6, 6.07) is 71.4. The summed E-state index contributed by atoms with van der Waals surface area (Å²) in [4.78, 5) is 0. The molecule has 0 saturated carbocycles. The van der Waals surface area contributed by atoms with Gasteiger partial charge in [0.25, 0.3) is 0 Å². The molecule has 0 radical (unpaired) electrons. The number of benzene rings is 10. The lowest BCUT2D eigenvalue weighted by Gasteiger charge is -2.21. The maximum absolute atomic E-state index is 2.44. The molecule has 10 aromatic rings. The molecule has 0 atom stereocenters. The molecule has 0 heterocycles. The smallest absolute Gasteiger partial charge is 0.00197 e. The van der Waals surface area contributed by atoms with Crippen LogP contribution in [-0.4, -0.2) is 0 Å². The molecule has 50 heavy (non-hydrogen) atoms. The van der Waals surface area contributed by atoms with E-state index in [2.05, 4.69) is 194 Å². The maximum Gasteiger partial charge on any atom is -0.00197 e. The summed E-state index contributed by atoms with van der Waals surface area (Å²) in [6.07, 6.45) is 0. The van der Waals surface area contributed by atoms with Crippen molar-refractivity contribution in [3.05, 3.63) is 194 Å². The van der Waals surface area contributed by atoms with Gasteiger partial charge in [-0.2, -0.15) is 0 Å². The molecule has 0 aliphatic carbocycles. The Morgan fingerprint density at radius 2 is 0.720 bits per heavy atom. The molecule has 0 spiro atoms. The van der Waals surface area contributed by atoms with E-state index in [4.69, 9.17) is 0 Å². The molecule has 0 bridgehead atoms. The van der Waals surface area contributed by atoms with Crippen LogP contribution in [0.5, 0.6) is 0 Å². The van der Waals surface area contributed by atoms with Crippen molar-refractivity contribution in [3.8, 4) is 44.5 Å². The first kappa shape index (κ1) is 28.5. The minimum absolute atomic E-state index is 1.21. The number of hydrogen-bond donors (Lipinski definition) is 0. The lowest BCUT2D eigenvalue weighted by atomic mass is 9.81. The first-order valence-corrected chi connectivity index (χ1v) is 17.4. The van der Waals surface area contributed by atoms with E-state index >= 15 is 0 Å². The number of fused-ring (bicyclic) bond motifs is 6. The van der Waals surface area contributed by atoms with E-state index in [1.807, 2.05) is 0 Å². The molecule has 0 aromatic heterocycles. The van der Waals surface area contributed by atoms with Crippen LogP contribution in [0, 0.1) is 0 Å². The van der Waals surface area contributed by atoms with E-state index in [9.17, 15) is 0 Å². The van der Waals surface area contributed by atoms with Crippen molar-refractivity contribution in [2.75, 3.05) is 0 Å². The van der Waals surface area contributed by atoms with E-state index in [1.165, 1.54) is 98.4 Å². The molecular formula is C50H32. The molecule has 10 rings (SSSR count). The van der Waals surface area contributed by atoms with Crippen LogP contribution in [0.2, 0.25) is 0 Å². The Morgan fingerprint density at radius 3 is 1.50 bits per heavy atom. The average Bonchev–Trinajstić information content (AvgIpc) is 3.19. The lowest BCUT2D eigenvalue weighted by Crippen LogP contribution is -1.94. The van der Waals surface area contributed by atoms with Gasteiger partial charge in [0.1, 0.15) is 0 Å². The highest BCUT2D eigenvalue weighted by atomic mass is 14.2. The standard InChI is InChI=1S/C50H32/c1-2-15-34(16-3-1)39-19-8-11-23-43(39)49-44-24-12-13-25-45(44)50(47-32-38-18-6-7-20-40(38)41-21-9-10-22-42(41)47)48-31-37(28-29-46(48)49)36-27-26-33-14-4-5-17-35(33)30-36/h1-32H. The van der Waals surface area contributed by atoms with Crippen molar-refractivity contribution in [1.29, 1.82) is 0 Å². The molecule has 10 aromatic carbocycles. The topological polar surface area (TPSA) is 0 Å². The molecule has 0 amide bonds. The zero-order valence-corrected chi connectivity index (χ0v) is 27.5. The Bertz CT molecular complexity index is 2910. The zero-order valence-electron chi connectivity index (χ0n) is 27.5. The van der Waals surface area contributed by atoms with Gasteiger partial charge in [-0.1, -0.05) is 176 Å². The highest BCUT2D eigenvalue weighted by Crippen LogP contribution is 2.49. The van der Waals surface area contributed by atoms with Crippen LogP contribution in [-0.2, 0) is 0 Å². The van der Waals surface area contributed by atoms with E-state index in [0.717, 1.165) is 0 Å². The summed E-state index contributed by atoms with van der Waals surface area (Å²) in [6.45, 7) is 0. The van der Waals surface area contributed by atoms with Crippen LogP contribution in [0.3, 0.4) is 0 Å². The third-order valence-electron chi connectivity index (χ3n) is 10.4. The van der Waals surface area contributed by atoms with E-state index in [-0.39, 0.29) is 0 Å². The molecular weight excluding hydrogens is 601 g/mol. The SMILES string of the molecule is c1ccc(-c2ccccc2-c2c3ccccc3c(-c3cc4ccccc4c4ccccc34)c3cc(-c4ccc5ccccc5c4)ccc23)cc1. The predicted octanol–water partition coefficient (Wildman–Crippen LogP) is 14.1. The molecule has 0 nitrogen and oxygen atoms in total. The van der Waals surface area contributed by atoms with Crippen LogP contribution < -0.4 is 0 Å². The van der Waals surface area contributed by atoms with E-state index in [1.54, 1.807) is 0 Å². The largest absolute Gasteiger partial charge is 0.0622 e. The monoisotopic (exact) mass is 632 g/mol. The zero-order chi connectivity index (χ0) is 33.0. The first-order valence-electron chi connectivity index (χ1n) is 17.4. The van der Waals surface area contributed by atoms with Gasteiger partial charge in [-0.15, -0.1) is 0 Å². The van der Waals surface area contributed by atoms with Crippen LogP contribution >= 0.6 is 0 Å². The van der Waals surface area contributed by atoms with Crippen molar-refractivity contribution in [2.24, 2.45) is 0 Å². The van der Waals surface area contributed by atoms with Crippen molar-refractivity contribution in [3.63, 3.8) is 0 Å². The minimum Gasteiger partial charge on any atom is -0.0622 e. The molecule has 0 N–H and O–H groups in total. The van der Waals surface area contributed by atoms with E-state index in [0.29, 0.717) is 0 Å². The summed E-state index contributed by atoms with van der Waals surface area (Å²) in [5.74, 6) is 0. The molecule has 232 valence electrons. The summed E-state index contributed by atoms with van der Waals surface area (Å²) in [5, 5.41) is 12.6. The average molecular weight is 633 g/mol. The molecule has 0 aliphatic heterocycles. The fourth-order valence-electron chi connectivity index (χ4n) is 8.14. The second-order valence-corrected chi connectivity index (χ2v) is 13.2. The third-order valence-corrected chi connectivity index (χ3v) is 10.4. The highest BCUT2D eigenvalue weighted by molar-refractivity contribution is 6.26. The second-order valence-electron chi connectivity index (χ2n) is 13.2. The van der Waals surface area contributed by atoms with Gasteiger partial charge in [-0.3, -0.25) is 0 Å². The normalized spacial score (nSPS) is 11.6. The van der Waals surface area contributed by atoms with Crippen molar-refractivity contribution in [1.82, 2.24) is 0 Å². The van der Waals surface area contributed by atoms with Gasteiger partial charge in [-0.05, 0) is 117 Å². The van der Waals surface area contributed by atoms with Crippen LogP contribution in [0.25, 0.3) is 98.4 Å². The van der Waals surface area contributed by atoms with Crippen molar-refractivity contribution >= 4 is 53.9 Å². The molecule has 0 fully saturated rings. The fraction of sp³-hybridized carbons (Fsp3) is 0. The number of rotatable bonds is 4. The minimum atomic E-state index is 1.21. The van der Waals surface area contributed by atoms with Crippen molar-refractivity contribution < 1.29 is 0 Å².